The molecule has 6 nitrogen and oxygen atoms in total. The van der Waals surface area contributed by atoms with Gasteiger partial charge in [-0.15, -0.1) is 0 Å². The molecule has 2 rings (SSSR count). The Morgan fingerprint density at radius 3 is 1.97 bits per heavy atom. The highest BCUT2D eigenvalue weighted by Gasteiger charge is 2.27. The first kappa shape index (κ1) is 24.4. The number of amides is 1. The third kappa shape index (κ3) is 8.42. The van der Waals surface area contributed by atoms with Crippen molar-refractivity contribution in [3.05, 3.63) is 65.7 Å². The molecular weight excluding hydrogens is 392 g/mol. The van der Waals surface area contributed by atoms with Crippen molar-refractivity contribution in [1.82, 2.24) is 10.6 Å². The molecule has 1 amide bonds. The van der Waals surface area contributed by atoms with Gasteiger partial charge < -0.3 is 20.1 Å². The summed E-state index contributed by atoms with van der Waals surface area (Å²) in [6.07, 6.45) is 0.947. The molecule has 6 heteroatoms. The summed E-state index contributed by atoms with van der Waals surface area (Å²) in [6, 6.07) is 16.2. The summed E-state index contributed by atoms with van der Waals surface area (Å²) in [6.45, 7) is 7.91. The van der Waals surface area contributed by atoms with Crippen molar-refractivity contribution in [2.75, 3.05) is 7.11 Å². The van der Waals surface area contributed by atoms with Gasteiger partial charge in [-0.05, 0) is 43.5 Å². The normalized spacial score (nSPS) is 13.0. The number of carbonyl (C=O) groups excluding carboxylic acids is 2. The molecule has 0 spiro atoms. The number of ether oxygens (including phenoxy) is 2. The van der Waals surface area contributed by atoms with Crippen LogP contribution in [0.3, 0.4) is 0 Å². The molecule has 2 aromatic rings. The maximum atomic E-state index is 13.1. The second-order valence-electron chi connectivity index (χ2n) is 8.16. The van der Waals surface area contributed by atoms with E-state index in [1.807, 2.05) is 82.3 Å². The smallest absolute Gasteiger partial charge is 0.328 e. The fourth-order valence-corrected chi connectivity index (χ4v) is 3.30. The number of hydrogen-bond acceptors (Lipinski definition) is 5. The largest absolute Gasteiger partial charge is 0.491 e. The van der Waals surface area contributed by atoms with Crippen molar-refractivity contribution in [2.24, 2.45) is 0 Å². The average Bonchev–Trinajstić information content (AvgIpc) is 2.73. The number of rotatable bonds is 11. The number of carbonyl (C=O) groups is 2. The van der Waals surface area contributed by atoms with E-state index in [0.29, 0.717) is 12.8 Å². The Hall–Kier alpha value is -2.86. The highest BCUT2D eigenvalue weighted by atomic mass is 16.5. The van der Waals surface area contributed by atoms with E-state index in [0.717, 1.165) is 16.9 Å². The van der Waals surface area contributed by atoms with Gasteiger partial charge in [0.15, 0.2) is 0 Å². The molecule has 2 aromatic carbocycles. The van der Waals surface area contributed by atoms with Crippen LogP contribution in [-0.2, 0) is 27.2 Å². The van der Waals surface area contributed by atoms with Crippen LogP contribution in [0.2, 0.25) is 0 Å². The maximum Gasteiger partial charge on any atom is 0.328 e. The van der Waals surface area contributed by atoms with Crippen LogP contribution in [0.25, 0.3) is 0 Å². The fraction of sp³-hybridized carbons (Fsp3) is 0.440. The molecule has 0 aliphatic carbocycles. The highest BCUT2D eigenvalue weighted by molar-refractivity contribution is 5.88. The first-order valence-corrected chi connectivity index (χ1v) is 10.7. The van der Waals surface area contributed by atoms with E-state index >= 15 is 0 Å². The summed E-state index contributed by atoms with van der Waals surface area (Å²) in [5, 5.41) is 6.18. The van der Waals surface area contributed by atoms with E-state index in [9.17, 15) is 9.59 Å². The van der Waals surface area contributed by atoms with Crippen LogP contribution in [-0.4, -0.2) is 43.2 Å². The van der Waals surface area contributed by atoms with Gasteiger partial charge in [0, 0.05) is 12.5 Å². The zero-order valence-electron chi connectivity index (χ0n) is 19.1. The zero-order valence-corrected chi connectivity index (χ0v) is 19.1. The van der Waals surface area contributed by atoms with Crippen LogP contribution >= 0.6 is 0 Å². The molecule has 2 atom stereocenters. The Bertz CT molecular complexity index is 819. The number of esters is 1. The van der Waals surface area contributed by atoms with Crippen molar-refractivity contribution < 1.29 is 19.1 Å². The number of nitrogens with one attached hydrogen (secondary N) is 2. The van der Waals surface area contributed by atoms with Crippen molar-refractivity contribution in [3.8, 4) is 5.75 Å². The SMILES string of the molecule is COC(=O)[C@H](Cc1ccc(OC(C)C)cc1)NC(=O)[C@H](Cc1ccccc1)NC(C)C. The predicted octanol–water partition coefficient (Wildman–Crippen LogP) is 3.28. The monoisotopic (exact) mass is 426 g/mol. The van der Waals surface area contributed by atoms with Crippen molar-refractivity contribution in [1.29, 1.82) is 0 Å². The lowest BCUT2D eigenvalue weighted by atomic mass is 10.0. The van der Waals surface area contributed by atoms with Gasteiger partial charge in [0.1, 0.15) is 11.8 Å². The molecule has 0 saturated heterocycles. The molecule has 0 aliphatic rings. The first-order valence-electron chi connectivity index (χ1n) is 10.7. The van der Waals surface area contributed by atoms with Gasteiger partial charge in [-0.2, -0.15) is 0 Å². The Morgan fingerprint density at radius 1 is 0.839 bits per heavy atom. The molecular formula is C25H34N2O4. The molecule has 0 aliphatic heterocycles. The average molecular weight is 427 g/mol. The number of hydrogen-bond donors (Lipinski definition) is 2. The Labute approximate surface area is 185 Å². The van der Waals surface area contributed by atoms with Gasteiger partial charge in [-0.3, -0.25) is 4.79 Å². The second-order valence-corrected chi connectivity index (χ2v) is 8.16. The molecule has 0 saturated carbocycles. The van der Waals surface area contributed by atoms with Gasteiger partial charge in [0.05, 0.1) is 19.3 Å². The third-order valence-corrected chi connectivity index (χ3v) is 4.67. The maximum absolute atomic E-state index is 13.1. The van der Waals surface area contributed by atoms with Crippen LogP contribution < -0.4 is 15.4 Å². The van der Waals surface area contributed by atoms with Crippen LogP contribution in [0.4, 0.5) is 0 Å². The van der Waals surface area contributed by atoms with E-state index in [1.165, 1.54) is 7.11 Å². The molecule has 0 aromatic heterocycles. The van der Waals surface area contributed by atoms with E-state index in [1.54, 1.807) is 0 Å². The summed E-state index contributed by atoms with van der Waals surface area (Å²) in [5.74, 6) is 0.0630. The Kier molecular flexibility index (Phi) is 9.53. The summed E-state index contributed by atoms with van der Waals surface area (Å²) in [4.78, 5) is 25.5. The van der Waals surface area contributed by atoms with Crippen LogP contribution in [0.5, 0.6) is 5.75 Å². The van der Waals surface area contributed by atoms with Gasteiger partial charge in [0.2, 0.25) is 5.91 Å². The fourth-order valence-electron chi connectivity index (χ4n) is 3.30. The number of benzene rings is 2. The third-order valence-electron chi connectivity index (χ3n) is 4.67. The lowest BCUT2D eigenvalue weighted by Gasteiger charge is -2.24. The Balaban J connectivity index is 2.11. The van der Waals surface area contributed by atoms with E-state index < -0.39 is 18.1 Å². The summed E-state index contributed by atoms with van der Waals surface area (Å²) >= 11 is 0. The van der Waals surface area contributed by atoms with Gasteiger partial charge in [-0.1, -0.05) is 56.3 Å². The summed E-state index contributed by atoms with van der Waals surface area (Å²) in [5.41, 5.74) is 1.95. The molecule has 0 unspecified atom stereocenters. The summed E-state index contributed by atoms with van der Waals surface area (Å²) < 4.78 is 10.6. The molecule has 0 bridgehead atoms. The van der Waals surface area contributed by atoms with E-state index in [2.05, 4.69) is 10.6 Å². The molecule has 0 heterocycles. The summed E-state index contributed by atoms with van der Waals surface area (Å²) in [7, 11) is 1.33. The van der Waals surface area contributed by atoms with Crippen LogP contribution in [0, 0.1) is 0 Å². The zero-order chi connectivity index (χ0) is 22.8. The molecule has 0 fully saturated rings. The quantitative estimate of drug-likeness (QED) is 0.539. The van der Waals surface area contributed by atoms with Crippen LogP contribution in [0.1, 0.15) is 38.8 Å². The standard InChI is InChI=1S/C25H34N2O4/c1-17(2)26-22(15-19-9-7-6-8-10-19)24(28)27-23(25(29)30-5)16-20-11-13-21(14-12-20)31-18(3)4/h6-14,17-18,22-23,26H,15-16H2,1-5H3,(H,27,28)/t22-,23-/m0/s1. The van der Waals surface area contributed by atoms with Crippen molar-refractivity contribution in [3.63, 3.8) is 0 Å². The van der Waals surface area contributed by atoms with E-state index in [4.69, 9.17) is 9.47 Å². The lowest BCUT2D eigenvalue weighted by Crippen LogP contribution is -2.53. The minimum absolute atomic E-state index is 0.0861. The van der Waals surface area contributed by atoms with Gasteiger partial charge >= 0.3 is 5.97 Å². The molecule has 0 radical (unpaired) electrons. The van der Waals surface area contributed by atoms with Crippen LogP contribution in [0.15, 0.2) is 54.6 Å². The number of methoxy groups -OCH3 is 1. The molecule has 31 heavy (non-hydrogen) atoms. The predicted molar refractivity (Wildman–Crippen MR) is 122 cm³/mol. The molecule has 168 valence electrons. The second kappa shape index (κ2) is 12.1. The topological polar surface area (TPSA) is 76.7 Å². The van der Waals surface area contributed by atoms with Crippen molar-refractivity contribution >= 4 is 11.9 Å². The molecule has 2 N–H and O–H groups in total. The van der Waals surface area contributed by atoms with E-state index in [-0.39, 0.29) is 18.1 Å². The van der Waals surface area contributed by atoms with Crippen molar-refractivity contribution in [2.45, 2.75) is 64.8 Å². The minimum Gasteiger partial charge on any atom is -0.491 e. The Morgan fingerprint density at radius 2 is 1.42 bits per heavy atom. The highest BCUT2D eigenvalue weighted by Crippen LogP contribution is 2.15. The minimum atomic E-state index is -0.776. The lowest BCUT2D eigenvalue weighted by molar-refractivity contribution is -0.145. The van der Waals surface area contributed by atoms with Gasteiger partial charge in [0.25, 0.3) is 0 Å². The first-order chi connectivity index (χ1) is 14.8. The van der Waals surface area contributed by atoms with Gasteiger partial charge in [-0.25, -0.2) is 4.79 Å².